The van der Waals surface area contributed by atoms with E-state index in [2.05, 4.69) is 132 Å². The first-order valence-corrected chi connectivity index (χ1v) is 28.7. The second-order valence-corrected chi connectivity index (χ2v) is 21.4. The van der Waals surface area contributed by atoms with Crippen LogP contribution < -0.4 is 28.7 Å². The average Bonchev–Trinajstić information content (AvgIpc) is 3.37. The zero-order valence-electron chi connectivity index (χ0n) is 43.1. The summed E-state index contributed by atoms with van der Waals surface area (Å²) in [6.45, 7) is 25.7. The van der Waals surface area contributed by atoms with E-state index < -0.39 is 15.2 Å². The first-order chi connectivity index (χ1) is 32.8. The average molecular weight is 955 g/mol. The Hall–Kier alpha value is -5.02. The van der Waals surface area contributed by atoms with Gasteiger partial charge >= 0.3 is 15.2 Å². The molecule has 6 aromatic rings. The van der Waals surface area contributed by atoms with Crippen molar-refractivity contribution in [2.45, 2.75) is 160 Å². The molecule has 0 radical (unpaired) electrons. The molecule has 0 fully saturated rings. The van der Waals surface area contributed by atoms with Crippen LogP contribution in [-0.2, 0) is 86.2 Å². The van der Waals surface area contributed by atoms with Crippen molar-refractivity contribution in [1.82, 2.24) is 0 Å². The first-order valence-electron chi connectivity index (χ1n) is 25.6. The van der Waals surface area contributed by atoms with Crippen molar-refractivity contribution in [2.24, 2.45) is 0 Å². The fourth-order valence-corrected chi connectivity index (χ4v) is 12.6. The van der Waals surface area contributed by atoms with Crippen LogP contribution in [0.15, 0.2) is 97.1 Å². The van der Waals surface area contributed by atoms with Gasteiger partial charge in [-0.05, 0) is 203 Å². The molecule has 0 saturated carbocycles. The molecule has 0 heterocycles. The lowest BCUT2D eigenvalue weighted by Gasteiger charge is -2.25. The van der Waals surface area contributed by atoms with Gasteiger partial charge in [0.25, 0.3) is 0 Å². The molecule has 0 bridgehead atoms. The molecule has 0 aliphatic carbocycles. The van der Waals surface area contributed by atoms with Crippen LogP contribution >= 0.6 is 15.2 Å². The Kier molecular flexibility index (Phi) is 18.1. The minimum Gasteiger partial charge on any atom is -0.413 e. The molecule has 0 aliphatic rings. The van der Waals surface area contributed by atoms with Crippen LogP contribution in [0.1, 0.15) is 150 Å². The molecule has 6 rings (SSSR count). The van der Waals surface area contributed by atoms with E-state index in [1.165, 1.54) is 44.5 Å². The molecule has 6 aromatic carbocycles. The molecule has 6 nitrogen and oxygen atoms in total. The van der Waals surface area contributed by atoms with E-state index in [-0.39, 0.29) is 0 Å². The lowest BCUT2D eigenvalue weighted by molar-refractivity contribution is 0.394. The largest absolute Gasteiger partial charge is 0.462 e. The van der Waals surface area contributed by atoms with Crippen LogP contribution in [0, 0.1) is 0 Å². The molecule has 8 heteroatoms. The van der Waals surface area contributed by atoms with Crippen molar-refractivity contribution in [3.8, 4) is 34.1 Å². The Balaban J connectivity index is 1.43. The van der Waals surface area contributed by atoms with Crippen LogP contribution in [0.3, 0.4) is 0 Å². The minimum atomic E-state index is -4.02. The molecule has 0 spiro atoms. The van der Waals surface area contributed by atoms with Crippen molar-refractivity contribution >= 4 is 25.8 Å². The van der Waals surface area contributed by atoms with Crippen LogP contribution in [-0.4, -0.2) is 0 Å². The van der Waals surface area contributed by atoms with Crippen LogP contribution in [0.4, 0.5) is 0 Å². The molecular formula is C60H76O6P2. The maximum absolute atomic E-state index is 15.6. The summed E-state index contributed by atoms with van der Waals surface area (Å²) in [6, 6.07) is 32.3. The van der Waals surface area contributed by atoms with Gasteiger partial charge in [-0.25, -0.2) is 9.13 Å². The third-order valence-corrected chi connectivity index (χ3v) is 17.3. The number of hydrogen-bond donors (Lipinski definition) is 0. The summed E-state index contributed by atoms with van der Waals surface area (Å²) in [5, 5.41) is 0.922. The van der Waals surface area contributed by atoms with Crippen molar-refractivity contribution < 1.29 is 27.2 Å². The number of aryl methyl sites for hydroxylation is 12. The Morgan fingerprint density at radius 1 is 0.265 bits per heavy atom. The molecule has 0 aliphatic heterocycles. The van der Waals surface area contributed by atoms with E-state index in [4.69, 9.17) is 18.1 Å². The first kappa shape index (κ1) is 52.4. The third kappa shape index (κ3) is 11.4. The predicted molar refractivity (Wildman–Crippen MR) is 287 cm³/mol. The monoisotopic (exact) mass is 955 g/mol. The second kappa shape index (κ2) is 23.5. The van der Waals surface area contributed by atoms with E-state index in [0.717, 1.165) is 110 Å². The Morgan fingerprint density at radius 2 is 0.441 bits per heavy atom. The highest BCUT2D eigenvalue weighted by molar-refractivity contribution is 7.63. The van der Waals surface area contributed by atoms with E-state index in [9.17, 15) is 0 Å². The maximum Gasteiger partial charge on any atom is 0.462 e. The Bertz CT molecular complexity index is 2440. The zero-order chi connectivity index (χ0) is 49.2. The molecule has 0 N–H and O–H groups in total. The molecule has 68 heavy (non-hydrogen) atoms. The standard InChI is InChI=1S/C60H76O6P2/c1-13-41-33-49(21-9)57(37-45(41)17-5)63-67(61,64-58-38-46(18-6)42(14-2)34-50(58)22-10)55-29-25-53(26-30-55)54-27-31-56(32-28-54)68(62,65-59-39-47(19-7)43(15-3)35-51(59)23-11)66-60-40-48(20-8)44(16-4)36-52(60)24-12/h25-40H,13-24H2,1-12H3. The van der Waals surface area contributed by atoms with E-state index in [1.807, 2.05) is 48.5 Å². The SMILES string of the molecule is CCc1cc(CC)c(OP(=O)(Oc2cc(CC)c(CC)cc2CC)c2ccc(-c3ccc(P(=O)(Oc4cc(CC)c(CC)cc4CC)Oc4cc(CC)c(CC)cc4CC)cc3)cc2)cc1CC. The second-order valence-electron chi connectivity index (χ2n) is 17.6. The van der Waals surface area contributed by atoms with E-state index >= 15 is 9.13 Å². The van der Waals surface area contributed by atoms with Crippen LogP contribution in [0.25, 0.3) is 11.1 Å². The molecule has 0 unspecified atom stereocenters. The van der Waals surface area contributed by atoms with Gasteiger partial charge in [-0.2, -0.15) is 0 Å². The molecular weight excluding hydrogens is 879 g/mol. The van der Waals surface area contributed by atoms with Crippen molar-refractivity contribution in [2.75, 3.05) is 0 Å². The Morgan fingerprint density at radius 3 is 0.618 bits per heavy atom. The highest BCUT2D eigenvalue weighted by Crippen LogP contribution is 2.52. The summed E-state index contributed by atoms with van der Waals surface area (Å²) in [6.07, 6.45) is 9.90. The van der Waals surface area contributed by atoms with E-state index in [0.29, 0.717) is 33.6 Å². The Labute approximate surface area is 409 Å². The smallest absolute Gasteiger partial charge is 0.413 e. The lowest BCUT2D eigenvalue weighted by Crippen LogP contribution is -2.17. The summed E-state index contributed by atoms with van der Waals surface area (Å²) in [5.74, 6) is 2.37. The summed E-state index contributed by atoms with van der Waals surface area (Å²) in [5.41, 5.74) is 15.6. The molecule has 0 saturated heterocycles. The van der Waals surface area contributed by atoms with Gasteiger partial charge in [0.15, 0.2) is 0 Å². The summed E-state index contributed by atoms with van der Waals surface area (Å²) in [7, 11) is -8.04. The highest BCUT2D eigenvalue weighted by atomic mass is 31.2. The van der Waals surface area contributed by atoms with Crippen molar-refractivity contribution in [1.29, 1.82) is 0 Å². The van der Waals surface area contributed by atoms with Gasteiger partial charge in [0.05, 0.1) is 10.6 Å². The normalized spacial score (nSPS) is 11.8. The molecule has 0 atom stereocenters. The zero-order valence-corrected chi connectivity index (χ0v) is 44.9. The van der Waals surface area contributed by atoms with E-state index in [1.54, 1.807) is 0 Å². The fraction of sp³-hybridized carbons (Fsp3) is 0.400. The maximum atomic E-state index is 15.6. The summed E-state index contributed by atoms with van der Waals surface area (Å²) in [4.78, 5) is 0. The number of hydrogen-bond acceptors (Lipinski definition) is 6. The highest BCUT2D eigenvalue weighted by Gasteiger charge is 2.35. The van der Waals surface area contributed by atoms with Crippen LogP contribution in [0.5, 0.6) is 23.0 Å². The predicted octanol–water partition coefficient (Wildman–Crippen LogP) is 16.1. The summed E-state index contributed by atoms with van der Waals surface area (Å²) >= 11 is 0. The van der Waals surface area contributed by atoms with Gasteiger partial charge in [-0.3, -0.25) is 0 Å². The molecule has 0 aromatic heterocycles. The minimum absolute atomic E-state index is 0.461. The molecule has 0 amide bonds. The van der Waals surface area contributed by atoms with Crippen molar-refractivity contribution in [3.63, 3.8) is 0 Å². The molecule has 362 valence electrons. The fourth-order valence-electron chi connectivity index (χ4n) is 9.39. The van der Waals surface area contributed by atoms with Crippen molar-refractivity contribution in [3.05, 3.63) is 164 Å². The van der Waals surface area contributed by atoms with Crippen LogP contribution in [0.2, 0.25) is 0 Å². The number of rotatable bonds is 23. The van der Waals surface area contributed by atoms with Gasteiger partial charge in [-0.1, -0.05) is 132 Å². The van der Waals surface area contributed by atoms with Gasteiger partial charge in [0.2, 0.25) is 0 Å². The van der Waals surface area contributed by atoms with Gasteiger partial charge in [0.1, 0.15) is 23.0 Å². The lowest BCUT2D eigenvalue weighted by atomic mass is 9.98. The quantitative estimate of drug-likeness (QED) is 0.0596. The van der Waals surface area contributed by atoms with Gasteiger partial charge in [0, 0.05) is 0 Å². The topological polar surface area (TPSA) is 71.1 Å². The summed E-state index contributed by atoms with van der Waals surface area (Å²) < 4.78 is 58.3. The van der Waals surface area contributed by atoms with Gasteiger partial charge in [-0.15, -0.1) is 0 Å². The third-order valence-electron chi connectivity index (χ3n) is 13.7. The number of benzene rings is 6. The van der Waals surface area contributed by atoms with Gasteiger partial charge < -0.3 is 18.1 Å².